The quantitative estimate of drug-likeness (QED) is 0.640. The Balaban J connectivity index is 2.28. The van der Waals surface area contributed by atoms with E-state index in [1.807, 2.05) is 0 Å². The third-order valence-corrected chi connectivity index (χ3v) is 2.93. The van der Waals surface area contributed by atoms with Crippen molar-refractivity contribution in [2.45, 2.75) is 6.18 Å². The predicted molar refractivity (Wildman–Crippen MR) is 71.3 cm³/mol. The zero-order chi connectivity index (χ0) is 15.6. The standard InChI is InChI=1S/C13H7BrF4N2O/c14-10-2-1-3-11(19-10)20-12(21)7-4-5-9(15)8(6-7)13(16,17)18/h1-6H,(H,19,20,21). The molecule has 21 heavy (non-hydrogen) atoms. The molecule has 1 aromatic heterocycles. The number of benzene rings is 1. The van der Waals surface area contributed by atoms with Crippen LogP contribution in [0.25, 0.3) is 0 Å². The van der Waals surface area contributed by atoms with Crippen LogP contribution in [0.15, 0.2) is 41.0 Å². The Labute approximate surface area is 125 Å². The lowest BCUT2D eigenvalue weighted by molar-refractivity contribution is -0.140. The molecule has 0 aliphatic heterocycles. The highest BCUT2D eigenvalue weighted by molar-refractivity contribution is 9.10. The average Bonchev–Trinajstić information content (AvgIpc) is 2.37. The Morgan fingerprint density at radius 2 is 1.90 bits per heavy atom. The van der Waals surface area contributed by atoms with E-state index in [4.69, 9.17) is 0 Å². The van der Waals surface area contributed by atoms with Crippen molar-refractivity contribution in [2.75, 3.05) is 5.32 Å². The number of halogens is 5. The van der Waals surface area contributed by atoms with Gasteiger partial charge >= 0.3 is 6.18 Å². The van der Waals surface area contributed by atoms with Crippen molar-refractivity contribution in [3.63, 3.8) is 0 Å². The van der Waals surface area contributed by atoms with Crippen LogP contribution < -0.4 is 5.32 Å². The third-order valence-electron chi connectivity index (χ3n) is 2.49. The van der Waals surface area contributed by atoms with Gasteiger partial charge in [0.05, 0.1) is 5.56 Å². The molecule has 0 aliphatic carbocycles. The number of hydrogen-bond donors (Lipinski definition) is 1. The summed E-state index contributed by atoms with van der Waals surface area (Å²) in [7, 11) is 0. The molecule has 0 fully saturated rings. The van der Waals surface area contributed by atoms with Crippen LogP contribution in [0.1, 0.15) is 15.9 Å². The van der Waals surface area contributed by atoms with Crippen LogP contribution >= 0.6 is 15.9 Å². The van der Waals surface area contributed by atoms with Crippen LogP contribution in [-0.4, -0.2) is 10.9 Å². The van der Waals surface area contributed by atoms with Crippen molar-refractivity contribution >= 4 is 27.7 Å². The highest BCUT2D eigenvalue weighted by atomic mass is 79.9. The van der Waals surface area contributed by atoms with Crippen LogP contribution in [0.5, 0.6) is 0 Å². The molecule has 2 rings (SSSR count). The Bertz CT molecular complexity index is 688. The molecule has 0 atom stereocenters. The number of nitrogens with one attached hydrogen (secondary N) is 1. The van der Waals surface area contributed by atoms with Crippen LogP contribution in [0.3, 0.4) is 0 Å². The Morgan fingerprint density at radius 3 is 2.52 bits per heavy atom. The molecule has 1 N–H and O–H groups in total. The number of anilines is 1. The first-order chi connectivity index (χ1) is 9.77. The molecular formula is C13H7BrF4N2O. The molecule has 1 heterocycles. The topological polar surface area (TPSA) is 42.0 Å². The summed E-state index contributed by atoms with van der Waals surface area (Å²) in [6, 6.07) is 6.72. The van der Waals surface area contributed by atoms with E-state index in [-0.39, 0.29) is 11.4 Å². The normalized spacial score (nSPS) is 11.3. The second-order valence-corrected chi connectivity index (χ2v) is 4.80. The third kappa shape index (κ3) is 3.78. The lowest BCUT2D eigenvalue weighted by Gasteiger charge is -2.10. The number of amides is 1. The number of carbonyl (C=O) groups is 1. The van der Waals surface area contributed by atoms with Crippen molar-refractivity contribution in [1.82, 2.24) is 4.98 Å². The number of nitrogens with zero attached hydrogens (tertiary/aromatic N) is 1. The first kappa shape index (κ1) is 15.4. The van der Waals surface area contributed by atoms with E-state index >= 15 is 0 Å². The molecule has 0 aliphatic rings. The number of aromatic nitrogens is 1. The summed E-state index contributed by atoms with van der Waals surface area (Å²) in [5.74, 6) is -2.09. The van der Waals surface area contributed by atoms with Gasteiger partial charge in [-0.3, -0.25) is 4.79 Å². The monoisotopic (exact) mass is 362 g/mol. The van der Waals surface area contributed by atoms with Crippen molar-refractivity contribution in [3.05, 3.63) is 57.9 Å². The Kier molecular flexibility index (Phi) is 4.26. The number of rotatable bonds is 2. The highest BCUT2D eigenvalue weighted by Crippen LogP contribution is 2.32. The zero-order valence-corrected chi connectivity index (χ0v) is 11.8. The molecule has 0 unspecified atom stereocenters. The molecule has 0 saturated heterocycles. The minimum atomic E-state index is -4.87. The van der Waals surface area contributed by atoms with Gasteiger partial charge in [0, 0.05) is 5.56 Å². The summed E-state index contributed by atoms with van der Waals surface area (Å²) in [5.41, 5.74) is -1.80. The van der Waals surface area contributed by atoms with Gasteiger partial charge in [-0.25, -0.2) is 9.37 Å². The fourth-order valence-corrected chi connectivity index (χ4v) is 1.89. The van der Waals surface area contributed by atoms with Crippen LogP contribution in [-0.2, 0) is 6.18 Å². The van der Waals surface area contributed by atoms with Gasteiger partial charge in [-0.2, -0.15) is 13.2 Å². The second kappa shape index (κ2) is 5.80. The van der Waals surface area contributed by atoms with Gasteiger partial charge in [0.2, 0.25) is 0 Å². The molecule has 0 bridgehead atoms. The van der Waals surface area contributed by atoms with Gasteiger partial charge < -0.3 is 5.32 Å². The molecule has 110 valence electrons. The van der Waals surface area contributed by atoms with E-state index in [1.54, 1.807) is 12.1 Å². The predicted octanol–water partition coefficient (Wildman–Crippen LogP) is 4.25. The van der Waals surface area contributed by atoms with Gasteiger partial charge in [0.15, 0.2) is 0 Å². The second-order valence-electron chi connectivity index (χ2n) is 3.99. The van der Waals surface area contributed by atoms with Crippen molar-refractivity contribution < 1.29 is 22.4 Å². The number of hydrogen-bond acceptors (Lipinski definition) is 2. The maximum atomic E-state index is 13.1. The molecule has 0 spiro atoms. The van der Waals surface area contributed by atoms with Gasteiger partial charge in [-0.15, -0.1) is 0 Å². The minimum absolute atomic E-state index is 0.159. The van der Waals surface area contributed by atoms with Crippen LogP contribution in [0.4, 0.5) is 23.4 Å². The van der Waals surface area contributed by atoms with Gasteiger partial charge in [-0.05, 0) is 46.3 Å². The largest absolute Gasteiger partial charge is 0.419 e. The highest BCUT2D eigenvalue weighted by Gasteiger charge is 2.34. The summed E-state index contributed by atoms with van der Waals surface area (Å²) < 4.78 is 51.3. The number of alkyl halides is 3. The molecule has 8 heteroatoms. The van der Waals surface area contributed by atoms with E-state index in [9.17, 15) is 22.4 Å². The number of carbonyl (C=O) groups excluding carboxylic acids is 1. The number of pyridine rings is 1. The summed E-state index contributed by atoms with van der Waals surface area (Å²) in [5, 5.41) is 2.33. The van der Waals surface area contributed by atoms with Crippen molar-refractivity contribution in [3.8, 4) is 0 Å². The maximum absolute atomic E-state index is 13.1. The van der Waals surface area contributed by atoms with E-state index in [2.05, 4.69) is 26.2 Å². The fraction of sp³-hybridized carbons (Fsp3) is 0.0769. The maximum Gasteiger partial charge on any atom is 0.419 e. The Morgan fingerprint density at radius 1 is 1.19 bits per heavy atom. The lowest BCUT2D eigenvalue weighted by atomic mass is 10.1. The molecule has 2 aromatic rings. The van der Waals surface area contributed by atoms with Crippen LogP contribution in [0, 0.1) is 5.82 Å². The molecule has 3 nitrogen and oxygen atoms in total. The SMILES string of the molecule is O=C(Nc1cccc(Br)n1)c1ccc(F)c(C(F)(F)F)c1. The van der Waals surface area contributed by atoms with E-state index in [1.165, 1.54) is 6.07 Å². The van der Waals surface area contributed by atoms with Crippen LogP contribution in [0.2, 0.25) is 0 Å². The Hall–Kier alpha value is -1.96. The summed E-state index contributed by atoms with van der Waals surface area (Å²) in [6.07, 6.45) is -4.87. The zero-order valence-electron chi connectivity index (χ0n) is 10.2. The lowest BCUT2D eigenvalue weighted by Crippen LogP contribution is -2.15. The molecule has 1 aromatic carbocycles. The molecule has 0 saturated carbocycles. The molecule has 1 amide bonds. The van der Waals surface area contributed by atoms with Gasteiger partial charge in [0.25, 0.3) is 5.91 Å². The van der Waals surface area contributed by atoms with Gasteiger partial charge in [-0.1, -0.05) is 6.07 Å². The van der Waals surface area contributed by atoms with Crippen molar-refractivity contribution in [2.24, 2.45) is 0 Å². The summed E-state index contributed by atoms with van der Waals surface area (Å²) >= 11 is 3.09. The van der Waals surface area contributed by atoms with Crippen molar-refractivity contribution in [1.29, 1.82) is 0 Å². The van der Waals surface area contributed by atoms with E-state index < -0.39 is 23.5 Å². The summed E-state index contributed by atoms with van der Waals surface area (Å²) in [4.78, 5) is 15.8. The molecule has 0 radical (unpaired) electrons. The summed E-state index contributed by atoms with van der Waals surface area (Å²) in [6.45, 7) is 0. The smallest absolute Gasteiger partial charge is 0.307 e. The average molecular weight is 363 g/mol. The van der Waals surface area contributed by atoms with Gasteiger partial charge in [0.1, 0.15) is 16.2 Å². The fourth-order valence-electron chi connectivity index (χ4n) is 1.55. The van der Waals surface area contributed by atoms with E-state index in [0.717, 1.165) is 6.07 Å². The molecular weight excluding hydrogens is 356 g/mol. The van der Waals surface area contributed by atoms with E-state index in [0.29, 0.717) is 16.7 Å². The minimum Gasteiger partial charge on any atom is -0.307 e. The first-order valence-electron chi connectivity index (χ1n) is 5.58. The first-order valence-corrected chi connectivity index (χ1v) is 6.37.